The van der Waals surface area contributed by atoms with Gasteiger partial charge in [0.2, 0.25) is 5.82 Å². The number of nitriles is 1. The Morgan fingerprint density at radius 2 is 2.09 bits per heavy atom. The van der Waals surface area contributed by atoms with Gasteiger partial charge in [-0.3, -0.25) is 9.59 Å². The molecule has 1 N–H and O–H groups in total. The number of hydrogen-bond acceptors (Lipinski definition) is 6. The van der Waals surface area contributed by atoms with Gasteiger partial charge in [0.25, 0.3) is 11.8 Å². The zero-order chi connectivity index (χ0) is 22.8. The number of amides is 2. The Bertz CT molecular complexity index is 1270. The summed E-state index contributed by atoms with van der Waals surface area (Å²) in [4.78, 5) is 35.4. The number of aromatic nitrogens is 2. The molecule has 2 heterocycles. The van der Waals surface area contributed by atoms with Crippen molar-refractivity contribution in [2.75, 3.05) is 18.6 Å². The Morgan fingerprint density at radius 3 is 2.84 bits per heavy atom. The third-order valence-corrected chi connectivity index (χ3v) is 5.09. The lowest BCUT2D eigenvalue weighted by molar-refractivity contribution is -0.120. The van der Waals surface area contributed by atoms with Gasteiger partial charge in [0.05, 0.1) is 23.0 Å². The minimum Gasteiger partial charge on any atom is -0.489 e. The zero-order valence-corrected chi connectivity index (χ0v) is 17.3. The summed E-state index contributed by atoms with van der Waals surface area (Å²) in [5, 5.41) is 11.7. The number of carbonyl (C=O) groups excluding carboxylic acids is 2. The van der Waals surface area contributed by atoms with Crippen molar-refractivity contribution in [1.82, 2.24) is 15.3 Å². The van der Waals surface area contributed by atoms with E-state index in [-0.39, 0.29) is 18.0 Å². The summed E-state index contributed by atoms with van der Waals surface area (Å²) in [6.07, 6.45) is 1.43. The molecule has 0 spiro atoms. The van der Waals surface area contributed by atoms with E-state index in [4.69, 9.17) is 10.00 Å². The molecule has 2 aromatic carbocycles. The maximum atomic E-state index is 14.2. The largest absolute Gasteiger partial charge is 0.489 e. The van der Waals surface area contributed by atoms with Crippen LogP contribution in [-0.4, -0.2) is 41.5 Å². The normalized spacial score (nSPS) is 15.2. The van der Waals surface area contributed by atoms with Crippen molar-refractivity contribution in [3.05, 3.63) is 71.4 Å². The maximum Gasteiger partial charge on any atom is 0.289 e. The molecule has 1 aromatic heterocycles. The van der Waals surface area contributed by atoms with Crippen LogP contribution in [0.3, 0.4) is 0 Å². The molecular weight excluding hydrogens is 413 g/mol. The number of carbonyl (C=O) groups is 2. The zero-order valence-electron chi connectivity index (χ0n) is 17.3. The van der Waals surface area contributed by atoms with Gasteiger partial charge >= 0.3 is 0 Å². The Morgan fingerprint density at radius 1 is 1.31 bits per heavy atom. The van der Waals surface area contributed by atoms with Crippen LogP contribution in [-0.2, 0) is 4.79 Å². The smallest absolute Gasteiger partial charge is 0.289 e. The van der Waals surface area contributed by atoms with Crippen LogP contribution in [0.1, 0.15) is 21.7 Å². The molecule has 9 heteroatoms. The van der Waals surface area contributed by atoms with E-state index in [1.54, 1.807) is 44.3 Å². The number of hydrogen-bond donors (Lipinski definition) is 1. The summed E-state index contributed by atoms with van der Waals surface area (Å²) in [6.45, 7) is 1.58. The molecule has 8 nitrogen and oxygen atoms in total. The first-order chi connectivity index (χ1) is 15.4. The van der Waals surface area contributed by atoms with Gasteiger partial charge in [0.1, 0.15) is 24.2 Å². The number of nitrogens with zero attached hydrogens (tertiary/aromatic N) is 4. The van der Waals surface area contributed by atoms with Crippen molar-refractivity contribution in [2.45, 2.75) is 13.0 Å². The third kappa shape index (κ3) is 3.86. The lowest BCUT2D eigenvalue weighted by Gasteiger charge is -2.20. The van der Waals surface area contributed by atoms with E-state index >= 15 is 0 Å². The molecule has 1 aliphatic rings. The topological polar surface area (TPSA) is 108 Å². The Balaban J connectivity index is 1.58. The standard InChI is InChI=1S/C23H18FN5O3/c1-13-11-26-21(28-20(13)15-5-3-4-6-16(15)24)22(30)27-17-12-32-19-9-14(10-25)7-8-18(19)29(2)23(17)31/h3-9,11,17H,12H2,1-2H3,(H,27,30)/t17-/m0/s1. The van der Waals surface area contributed by atoms with E-state index in [0.29, 0.717) is 28.3 Å². The summed E-state index contributed by atoms with van der Waals surface area (Å²) in [7, 11) is 1.56. The Labute approximate surface area is 183 Å². The third-order valence-electron chi connectivity index (χ3n) is 5.09. The second-order valence-electron chi connectivity index (χ2n) is 7.23. The van der Waals surface area contributed by atoms with Crippen LogP contribution in [0.25, 0.3) is 11.3 Å². The molecule has 1 aliphatic heterocycles. The Hall–Kier alpha value is -4.32. The number of rotatable bonds is 3. The van der Waals surface area contributed by atoms with E-state index < -0.39 is 23.7 Å². The van der Waals surface area contributed by atoms with Crippen LogP contribution in [0.5, 0.6) is 5.75 Å². The molecule has 2 amide bonds. The van der Waals surface area contributed by atoms with Crippen LogP contribution in [0, 0.1) is 24.1 Å². The lowest BCUT2D eigenvalue weighted by Crippen LogP contribution is -2.49. The average molecular weight is 431 g/mol. The van der Waals surface area contributed by atoms with Crippen molar-refractivity contribution in [1.29, 1.82) is 5.26 Å². The molecule has 1 atom stereocenters. The predicted molar refractivity (Wildman–Crippen MR) is 113 cm³/mol. The minimum absolute atomic E-state index is 0.136. The second-order valence-corrected chi connectivity index (χ2v) is 7.23. The van der Waals surface area contributed by atoms with E-state index in [0.717, 1.165) is 0 Å². The van der Waals surface area contributed by atoms with Crippen LogP contribution in [0.2, 0.25) is 0 Å². The number of halogens is 1. The number of ether oxygens (including phenoxy) is 1. The van der Waals surface area contributed by atoms with Gasteiger partial charge in [-0.25, -0.2) is 14.4 Å². The highest BCUT2D eigenvalue weighted by atomic mass is 19.1. The van der Waals surface area contributed by atoms with Crippen molar-refractivity contribution in [2.24, 2.45) is 0 Å². The highest BCUT2D eigenvalue weighted by Gasteiger charge is 2.31. The summed E-state index contributed by atoms with van der Waals surface area (Å²) in [5.41, 5.74) is 2.02. The number of nitrogens with one attached hydrogen (secondary N) is 1. The quantitative estimate of drug-likeness (QED) is 0.683. The van der Waals surface area contributed by atoms with Crippen LogP contribution in [0.15, 0.2) is 48.7 Å². The first-order valence-electron chi connectivity index (χ1n) is 9.73. The van der Waals surface area contributed by atoms with Crippen LogP contribution in [0.4, 0.5) is 10.1 Å². The monoisotopic (exact) mass is 431 g/mol. The highest BCUT2D eigenvalue weighted by Crippen LogP contribution is 2.31. The van der Waals surface area contributed by atoms with Gasteiger partial charge in [-0.15, -0.1) is 0 Å². The van der Waals surface area contributed by atoms with E-state index in [1.807, 2.05) is 6.07 Å². The van der Waals surface area contributed by atoms with E-state index in [9.17, 15) is 14.0 Å². The van der Waals surface area contributed by atoms with Crippen molar-refractivity contribution >= 4 is 17.5 Å². The van der Waals surface area contributed by atoms with Gasteiger partial charge in [0.15, 0.2) is 0 Å². The molecular formula is C23H18FN5O3. The fraction of sp³-hybridized carbons (Fsp3) is 0.174. The van der Waals surface area contributed by atoms with E-state index in [1.165, 1.54) is 23.2 Å². The minimum atomic E-state index is -1.01. The fourth-order valence-corrected chi connectivity index (χ4v) is 3.38. The van der Waals surface area contributed by atoms with Crippen LogP contribution >= 0.6 is 0 Å². The Kier molecular flexibility index (Phi) is 5.52. The molecule has 0 bridgehead atoms. The highest BCUT2D eigenvalue weighted by molar-refractivity contribution is 6.02. The van der Waals surface area contributed by atoms with E-state index in [2.05, 4.69) is 15.3 Å². The van der Waals surface area contributed by atoms with Gasteiger partial charge in [-0.1, -0.05) is 12.1 Å². The SMILES string of the molecule is Cc1cnc(C(=O)N[C@H]2COc3cc(C#N)ccc3N(C)C2=O)nc1-c1ccccc1F. The maximum absolute atomic E-state index is 14.2. The van der Waals surface area contributed by atoms with Crippen molar-refractivity contribution in [3.63, 3.8) is 0 Å². The fourth-order valence-electron chi connectivity index (χ4n) is 3.38. The molecule has 0 saturated heterocycles. The number of fused-ring (bicyclic) bond motifs is 1. The molecule has 160 valence electrons. The average Bonchev–Trinajstić information content (AvgIpc) is 2.91. The lowest BCUT2D eigenvalue weighted by atomic mass is 10.1. The summed E-state index contributed by atoms with van der Waals surface area (Å²) >= 11 is 0. The van der Waals surface area contributed by atoms with Crippen molar-refractivity contribution in [3.8, 4) is 23.1 Å². The number of aryl methyl sites for hydroxylation is 1. The molecule has 0 radical (unpaired) electrons. The molecule has 0 aliphatic carbocycles. The van der Waals surface area contributed by atoms with Gasteiger partial charge in [-0.2, -0.15) is 5.26 Å². The van der Waals surface area contributed by atoms with Crippen molar-refractivity contribution < 1.29 is 18.7 Å². The molecule has 3 aromatic rings. The van der Waals surface area contributed by atoms with Crippen LogP contribution < -0.4 is 15.0 Å². The molecule has 32 heavy (non-hydrogen) atoms. The molecule has 0 unspecified atom stereocenters. The number of anilines is 1. The predicted octanol–water partition coefficient (Wildman–Crippen LogP) is 2.62. The van der Waals surface area contributed by atoms with Gasteiger partial charge in [0, 0.05) is 24.9 Å². The molecule has 0 fully saturated rings. The first kappa shape index (κ1) is 20.9. The summed E-state index contributed by atoms with van der Waals surface area (Å²) in [6, 6.07) is 11.8. The summed E-state index contributed by atoms with van der Waals surface area (Å²) in [5.74, 6) is -1.39. The van der Waals surface area contributed by atoms with Gasteiger partial charge < -0.3 is 15.0 Å². The summed E-state index contributed by atoms with van der Waals surface area (Å²) < 4.78 is 19.9. The second kappa shape index (κ2) is 8.43. The molecule has 0 saturated carbocycles. The molecule has 4 rings (SSSR count). The number of likely N-dealkylation sites (N-methyl/N-ethyl adjacent to an activating group) is 1. The first-order valence-corrected chi connectivity index (χ1v) is 9.73. The number of benzene rings is 2. The van der Waals surface area contributed by atoms with Gasteiger partial charge in [-0.05, 0) is 36.8 Å².